The fourth-order valence-corrected chi connectivity index (χ4v) is 1.79. The Balaban J connectivity index is 2.41. The molecule has 0 amide bonds. The molecular formula is C14H23NO. The van der Waals surface area contributed by atoms with E-state index in [4.69, 9.17) is 10.8 Å². The molecule has 0 aliphatic rings. The number of unbranched alkanes of at least 4 members (excludes halogenated alkanes) is 2. The largest absolute Gasteiger partial charge is 0.395 e. The van der Waals surface area contributed by atoms with Crippen LogP contribution < -0.4 is 5.73 Å². The molecule has 0 bridgehead atoms. The highest BCUT2D eigenvalue weighted by molar-refractivity contribution is 5.23. The molecule has 0 saturated carbocycles. The van der Waals surface area contributed by atoms with E-state index >= 15 is 0 Å². The molecule has 16 heavy (non-hydrogen) atoms. The van der Waals surface area contributed by atoms with Gasteiger partial charge in [0.1, 0.15) is 0 Å². The van der Waals surface area contributed by atoms with Crippen LogP contribution in [0.1, 0.15) is 37.3 Å². The van der Waals surface area contributed by atoms with Crippen LogP contribution in [0.2, 0.25) is 0 Å². The number of aliphatic hydroxyl groups excluding tert-OH is 1. The van der Waals surface area contributed by atoms with E-state index in [1.54, 1.807) is 0 Å². The van der Waals surface area contributed by atoms with Gasteiger partial charge in [-0.1, -0.05) is 44.0 Å². The van der Waals surface area contributed by atoms with Crippen molar-refractivity contribution in [2.45, 2.75) is 45.1 Å². The van der Waals surface area contributed by atoms with E-state index in [-0.39, 0.29) is 12.6 Å². The third kappa shape index (κ3) is 4.77. The predicted molar refractivity (Wildman–Crippen MR) is 68.4 cm³/mol. The van der Waals surface area contributed by atoms with Crippen molar-refractivity contribution in [3.8, 4) is 0 Å². The minimum atomic E-state index is -0.133. The highest BCUT2D eigenvalue weighted by Crippen LogP contribution is 2.10. The molecule has 90 valence electrons. The van der Waals surface area contributed by atoms with Crippen molar-refractivity contribution in [3.63, 3.8) is 0 Å². The van der Waals surface area contributed by atoms with Crippen LogP contribution >= 0.6 is 0 Å². The number of hydrogen-bond acceptors (Lipinski definition) is 2. The molecule has 3 N–H and O–H groups in total. The van der Waals surface area contributed by atoms with Crippen LogP contribution in [0.15, 0.2) is 24.3 Å². The van der Waals surface area contributed by atoms with Crippen molar-refractivity contribution in [2.75, 3.05) is 6.61 Å². The Labute approximate surface area is 98.5 Å². The van der Waals surface area contributed by atoms with Gasteiger partial charge < -0.3 is 10.8 Å². The SMILES string of the molecule is CCCCCc1ccc(CC(N)CO)cc1. The first-order valence-electron chi connectivity index (χ1n) is 6.20. The van der Waals surface area contributed by atoms with E-state index in [1.807, 2.05) is 0 Å². The molecule has 1 atom stereocenters. The Morgan fingerprint density at radius 1 is 1.12 bits per heavy atom. The molecule has 0 aliphatic heterocycles. The lowest BCUT2D eigenvalue weighted by Crippen LogP contribution is -2.26. The van der Waals surface area contributed by atoms with Gasteiger partial charge in [0.25, 0.3) is 0 Å². The highest BCUT2D eigenvalue weighted by Gasteiger charge is 2.02. The maximum atomic E-state index is 8.87. The molecule has 0 heterocycles. The summed E-state index contributed by atoms with van der Waals surface area (Å²) in [5.74, 6) is 0. The quantitative estimate of drug-likeness (QED) is 0.694. The van der Waals surface area contributed by atoms with Crippen LogP contribution in [-0.4, -0.2) is 17.8 Å². The van der Waals surface area contributed by atoms with E-state index in [1.165, 1.54) is 36.8 Å². The number of hydrogen-bond donors (Lipinski definition) is 2. The average molecular weight is 221 g/mol. The van der Waals surface area contributed by atoms with E-state index < -0.39 is 0 Å². The smallest absolute Gasteiger partial charge is 0.0585 e. The van der Waals surface area contributed by atoms with Crippen molar-refractivity contribution < 1.29 is 5.11 Å². The van der Waals surface area contributed by atoms with Crippen molar-refractivity contribution in [2.24, 2.45) is 5.73 Å². The van der Waals surface area contributed by atoms with Gasteiger partial charge in [0.2, 0.25) is 0 Å². The van der Waals surface area contributed by atoms with Gasteiger partial charge >= 0.3 is 0 Å². The molecule has 0 aliphatic carbocycles. The summed E-state index contributed by atoms with van der Waals surface area (Å²) in [7, 11) is 0. The number of nitrogens with two attached hydrogens (primary N) is 1. The highest BCUT2D eigenvalue weighted by atomic mass is 16.3. The Bertz CT molecular complexity index is 281. The predicted octanol–water partition coefficient (Wildman–Crippen LogP) is 2.28. The molecule has 1 rings (SSSR count). The van der Waals surface area contributed by atoms with Gasteiger partial charge in [-0.3, -0.25) is 0 Å². The zero-order valence-corrected chi connectivity index (χ0v) is 10.2. The molecule has 0 fully saturated rings. The fourth-order valence-electron chi connectivity index (χ4n) is 1.79. The normalized spacial score (nSPS) is 12.7. The molecular weight excluding hydrogens is 198 g/mol. The minimum absolute atomic E-state index is 0.0538. The molecule has 0 aromatic heterocycles. The van der Waals surface area contributed by atoms with Gasteiger partial charge in [-0.2, -0.15) is 0 Å². The second-order valence-electron chi connectivity index (χ2n) is 4.42. The van der Waals surface area contributed by atoms with Crippen LogP contribution in [-0.2, 0) is 12.8 Å². The molecule has 0 saturated heterocycles. The van der Waals surface area contributed by atoms with Crippen LogP contribution in [0.5, 0.6) is 0 Å². The molecule has 1 aromatic rings. The van der Waals surface area contributed by atoms with Crippen molar-refractivity contribution >= 4 is 0 Å². The van der Waals surface area contributed by atoms with Gasteiger partial charge in [0.05, 0.1) is 6.61 Å². The first kappa shape index (κ1) is 13.2. The number of rotatable bonds is 7. The topological polar surface area (TPSA) is 46.2 Å². The number of aliphatic hydroxyl groups is 1. The summed E-state index contributed by atoms with van der Waals surface area (Å²) in [6, 6.07) is 8.46. The van der Waals surface area contributed by atoms with Gasteiger partial charge in [-0.15, -0.1) is 0 Å². The van der Waals surface area contributed by atoms with E-state index in [9.17, 15) is 0 Å². The Hall–Kier alpha value is -0.860. The standard InChI is InChI=1S/C14H23NO/c1-2-3-4-5-12-6-8-13(9-7-12)10-14(15)11-16/h6-9,14,16H,2-5,10-11,15H2,1H3. The molecule has 0 spiro atoms. The Kier molecular flexibility index (Phi) is 6.12. The fraction of sp³-hybridized carbons (Fsp3) is 0.571. The van der Waals surface area contributed by atoms with Gasteiger partial charge in [-0.05, 0) is 30.4 Å². The summed E-state index contributed by atoms with van der Waals surface area (Å²) in [6.07, 6.45) is 5.76. The summed E-state index contributed by atoms with van der Waals surface area (Å²) in [6.45, 7) is 2.28. The molecule has 2 nitrogen and oxygen atoms in total. The maximum absolute atomic E-state index is 8.87. The lowest BCUT2D eigenvalue weighted by molar-refractivity contribution is 0.265. The van der Waals surface area contributed by atoms with Gasteiger partial charge in [-0.25, -0.2) is 0 Å². The summed E-state index contributed by atoms with van der Waals surface area (Å²) in [5, 5.41) is 8.87. The third-order valence-electron chi connectivity index (χ3n) is 2.82. The van der Waals surface area contributed by atoms with Crippen LogP contribution in [0.25, 0.3) is 0 Å². The number of benzene rings is 1. The van der Waals surface area contributed by atoms with E-state index in [0.29, 0.717) is 0 Å². The molecule has 1 unspecified atom stereocenters. The van der Waals surface area contributed by atoms with Crippen LogP contribution in [0.4, 0.5) is 0 Å². The van der Waals surface area contributed by atoms with E-state index in [0.717, 1.165) is 6.42 Å². The van der Waals surface area contributed by atoms with Crippen molar-refractivity contribution in [1.82, 2.24) is 0 Å². The lowest BCUT2D eigenvalue weighted by atomic mass is 10.0. The Morgan fingerprint density at radius 3 is 2.31 bits per heavy atom. The van der Waals surface area contributed by atoms with Gasteiger partial charge in [0.15, 0.2) is 0 Å². The second kappa shape index (κ2) is 7.42. The minimum Gasteiger partial charge on any atom is -0.395 e. The lowest BCUT2D eigenvalue weighted by Gasteiger charge is -2.08. The summed E-state index contributed by atoms with van der Waals surface area (Å²) in [5.41, 5.74) is 8.30. The first-order valence-corrected chi connectivity index (χ1v) is 6.20. The molecule has 2 heteroatoms. The van der Waals surface area contributed by atoms with Gasteiger partial charge in [0, 0.05) is 6.04 Å². The molecule has 0 radical (unpaired) electrons. The zero-order valence-electron chi connectivity index (χ0n) is 10.2. The zero-order chi connectivity index (χ0) is 11.8. The van der Waals surface area contributed by atoms with Crippen molar-refractivity contribution in [1.29, 1.82) is 0 Å². The summed E-state index contributed by atoms with van der Waals surface area (Å²) >= 11 is 0. The third-order valence-corrected chi connectivity index (χ3v) is 2.82. The van der Waals surface area contributed by atoms with Crippen LogP contribution in [0.3, 0.4) is 0 Å². The average Bonchev–Trinajstić information content (AvgIpc) is 2.31. The van der Waals surface area contributed by atoms with E-state index in [2.05, 4.69) is 31.2 Å². The monoisotopic (exact) mass is 221 g/mol. The second-order valence-corrected chi connectivity index (χ2v) is 4.42. The number of aryl methyl sites for hydroxylation is 1. The Morgan fingerprint density at radius 2 is 1.75 bits per heavy atom. The first-order chi connectivity index (χ1) is 7.76. The van der Waals surface area contributed by atoms with Crippen molar-refractivity contribution in [3.05, 3.63) is 35.4 Å². The molecule has 1 aromatic carbocycles. The summed E-state index contributed by atoms with van der Waals surface area (Å²) < 4.78 is 0. The summed E-state index contributed by atoms with van der Waals surface area (Å²) in [4.78, 5) is 0. The van der Waals surface area contributed by atoms with Crippen LogP contribution in [0, 0.1) is 0 Å². The maximum Gasteiger partial charge on any atom is 0.0585 e.